The Morgan fingerprint density at radius 3 is 2.69 bits per heavy atom. The van der Waals surface area contributed by atoms with E-state index in [0.29, 0.717) is 6.07 Å². The largest absolute Gasteiger partial charge is 0.482 e. The standard InChI is InChI=1S/C22H17F5N6O3/c1-11-2-3-12(6-14(11)22(25,26)27)36-17-9-32(10-21(17,23)24)16-7-15(31-33-5-4-28-18(16)33)13-8-29-20(35)30-19(13)34/h2-8,17H,9-10H2,1H3,(H2,29,30,34,35)/t17-/m0/s1. The summed E-state index contributed by atoms with van der Waals surface area (Å²) in [7, 11) is 0. The van der Waals surface area contributed by atoms with Crippen molar-refractivity contribution in [1.82, 2.24) is 24.6 Å². The highest BCUT2D eigenvalue weighted by Crippen LogP contribution is 2.38. The third-order valence-electron chi connectivity index (χ3n) is 5.83. The summed E-state index contributed by atoms with van der Waals surface area (Å²) in [6.45, 7) is 0.0720. The van der Waals surface area contributed by atoms with Crippen LogP contribution in [0.1, 0.15) is 11.1 Å². The molecule has 188 valence electrons. The van der Waals surface area contributed by atoms with Gasteiger partial charge in [0.2, 0.25) is 0 Å². The first-order chi connectivity index (χ1) is 16.9. The van der Waals surface area contributed by atoms with E-state index in [0.717, 1.165) is 12.3 Å². The summed E-state index contributed by atoms with van der Waals surface area (Å²) in [6.07, 6.45) is -2.43. The van der Waals surface area contributed by atoms with Gasteiger partial charge < -0.3 is 14.6 Å². The molecule has 1 aliphatic heterocycles. The molecule has 0 unspecified atom stereocenters. The second kappa shape index (κ2) is 8.17. The van der Waals surface area contributed by atoms with Gasteiger partial charge in [-0.15, -0.1) is 0 Å². The van der Waals surface area contributed by atoms with E-state index in [2.05, 4.69) is 20.1 Å². The number of hydrogen-bond acceptors (Lipinski definition) is 6. The van der Waals surface area contributed by atoms with E-state index >= 15 is 0 Å². The summed E-state index contributed by atoms with van der Waals surface area (Å²) in [5, 5.41) is 4.25. The number of aromatic amines is 2. The number of fused-ring (bicyclic) bond motifs is 1. The summed E-state index contributed by atoms with van der Waals surface area (Å²) in [4.78, 5) is 33.4. The fourth-order valence-electron chi connectivity index (χ4n) is 4.07. The molecule has 4 aromatic rings. The third-order valence-corrected chi connectivity index (χ3v) is 5.83. The summed E-state index contributed by atoms with van der Waals surface area (Å²) < 4.78 is 76.3. The number of benzene rings is 1. The maximum atomic E-state index is 15.0. The number of ether oxygens (including phenoxy) is 1. The van der Waals surface area contributed by atoms with E-state index in [1.807, 2.05) is 0 Å². The van der Waals surface area contributed by atoms with Gasteiger partial charge in [-0.05, 0) is 30.7 Å². The molecule has 4 heterocycles. The van der Waals surface area contributed by atoms with Gasteiger partial charge in [0.1, 0.15) is 11.4 Å². The van der Waals surface area contributed by atoms with Crippen molar-refractivity contribution in [3.8, 4) is 17.0 Å². The van der Waals surface area contributed by atoms with Crippen LogP contribution in [-0.2, 0) is 6.18 Å². The molecule has 1 saturated heterocycles. The average molecular weight is 508 g/mol. The highest BCUT2D eigenvalue weighted by molar-refractivity contribution is 5.74. The third kappa shape index (κ3) is 4.18. The Kier molecular flexibility index (Phi) is 5.34. The molecule has 1 fully saturated rings. The highest BCUT2D eigenvalue weighted by atomic mass is 19.4. The molecular weight excluding hydrogens is 491 g/mol. The van der Waals surface area contributed by atoms with Crippen molar-refractivity contribution >= 4 is 11.3 Å². The minimum atomic E-state index is -4.66. The fourth-order valence-corrected chi connectivity index (χ4v) is 4.07. The van der Waals surface area contributed by atoms with Crippen LogP contribution in [0, 0.1) is 6.92 Å². The topological polar surface area (TPSA) is 108 Å². The molecule has 2 N–H and O–H groups in total. The van der Waals surface area contributed by atoms with Crippen molar-refractivity contribution in [3.63, 3.8) is 0 Å². The fraction of sp³-hybridized carbons (Fsp3) is 0.273. The molecule has 0 bridgehead atoms. The van der Waals surface area contributed by atoms with Crippen LogP contribution in [0.4, 0.5) is 27.6 Å². The van der Waals surface area contributed by atoms with Crippen LogP contribution >= 0.6 is 0 Å². The maximum absolute atomic E-state index is 15.0. The summed E-state index contributed by atoms with van der Waals surface area (Å²) >= 11 is 0. The predicted octanol–water partition coefficient (Wildman–Crippen LogP) is 3.00. The first-order valence-electron chi connectivity index (χ1n) is 10.6. The van der Waals surface area contributed by atoms with Crippen molar-refractivity contribution in [2.24, 2.45) is 0 Å². The van der Waals surface area contributed by atoms with Gasteiger partial charge in [0.05, 0.1) is 29.9 Å². The van der Waals surface area contributed by atoms with Crippen molar-refractivity contribution < 1.29 is 26.7 Å². The van der Waals surface area contributed by atoms with Gasteiger partial charge in [-0.25, -0.2) is 23.1 Å². The van der Waals surface area contributed by atoms with Crippen LogP contribution in [-0.4, -0.2) is 49.7 Å². The number of alkyl halides is 5. The lowest BCUT2D eigenvalue weighted by Gasteiger charge is -2.20. The second-order valence-corrected chi connectivity index (χ2v) is 8.32. The van der Waals surface area contributed by atoms with Crippen LogP contribution in [0.25, 0.3) is 16.9 Å². The number of anilines is 1. The molecule has 3 aromatic heterocycles. The van der Waals surface area contributed by atoms with Crippen molar-refractivity contribution in [1.29, 1.82) is 0 Å². The number of H-pyrrole nitrogens is 2. The zero-order valence-corrected chi connectivity index (χ0v) is 18.4. The first kappa shape index (κ1) is 23.5. The molecular formula is C22H17F5N6O3. The molecule has 1 aliphatic rings. The number of hydrogen-bond donors (Lipinski definition) is 2. The predicted molar refractivity (Wildman–Crippen MR) is 117 cm³/mol. The van der Waals surface area contributed by atoms with Crippen molar-refractivity contribution in [3.05, 3.63) is 74.8 Å². The molecule has 0 aliphatic carbocycles. The zero-order chi connectivity index (χ0) is 25.8. The molecule has 0 spiro atoms. The molecule has 36 heavy (non-hydrogen) atoms. The second-order valence-electron chi connectivity index (χ2n) is 8.32. The van der Waals surface area contributed by atoms with Crippen LogP contribution in [0.2, 0.25) is 0 Å². The smallest absolute Gasteiger partial charge is 0.416 e. The number of nitrogens with zero attached hydrogens (tertiary/aromatic N) is 4. The van der Waals surface area contributed by atoms with Crippen LogP contribution in [0.3, 0.4) is 0 Å². The van der Waals surface area contributed by atoms with Crippen molar-refractivity contribution in [2.45, 2.75) is 25.1 Å². The zero-order valence-electron chi connectivity index (χ0n) is 18.4. The quantitative estimate of drug-likeness (QED) is 0.411. The van der Waals surface area contributed by atoms with E-state index in [4.69, 9.17) is 4.74 Å². The summed E-state index contributed by atoms with van der Waals surface area (Å²) in [5.41, 5.74) is -2.01. The SMILES string of the molecule is Cc1ccc(O[C@H]2CN(c3cc(-c4c[nH]c(=O)[nH]c4=O)nn4ccnc34)CC2(F)F)cc1C(F)(F)F. The minimum Gasteiger partial charge on any atom is -0.482 e. The monoisotopic (exact) mass is 508 g/mol. The molecule has 5 rings (SSSR count). The molecule has 0 amide bonds. The highest BCUT2D eigenvalue weighted by Gasteiger charge is 2.51. The number of aromatic nitrogens is 5. The van der Waals surface area contributed by atoms with Crippen molar-refractivity contribution in [2.75, 3.05) is 18.0 Å². The number of halogens is 5. The normalized spacial score (nSPS) is 17.6. The summed E-state index contributed by atoms with van der Waals surface area (Å²) in [6, 6.07) is 4.45. The molecule has 14 heteroatoms. The molecule has 0 radical (unpaired) electrons. The van der Waals surface area contributed by atoms with Gasteiger partial charge in [0.15, 0.2) is 11.8 Å². The van der Waals surface area contributed by atoms with Crippen LogP contribution in [0.15, 0.2) is 52.4 Å². The number of nitrogens with one attached hydrogen (secondary N) is 2. The number of aryl methyl sites for hydroxylation is 1. The molecule has 1 atom stereocenters. The summed E-state index contributed by atoms with van der Waals surface area (Å²) in [5.74, 6) is -3.76. The van der Waals surface area contributed by atoms with E-state index in [9.17, 15) is 31.5 Å². The van der Waals surface area contributed by atoms with Gasteiger partial charge in [0, 0.05) is 18.6 Å². The Hall–Kier alpha value is -4.23. The molecule has 0 saturated carbocycles. The van der Waals surface area contributed by atoms with E-state index < -0.39 is 41.6 Å². The Morgan fingerprint density at radius 2 is 1.97 bits per heavy atom. The Bertz CT molecular complexity index is 1570. The lowest BCUT2D eigenvalue weighted by Crippen LogP contribution is -2.36. The van der Waals surface area contributed by atoms with E-state index in [1.54, 1.807) is 0 Å². The van der Waals surface area contributed by atoms with Gasteiger partial charge in [-0.2, -0.15) is 18.3 Å². The lowest BCUT2D eigenvalue weighted by molar-refractivity contribution is -0.138. The van der Waals surface area contributed by atoms with Gasteiger partial charge in [-0.3, -0.25) is 9.78 Å². The first-order valence-corrected chi connectivity index (χ1v) is 10.6. The van der Waals surface area contributed by atoms with Crippen LogP contribution < -0.4 is 20.9 Å². The number of imidazole rings is 1. The van der Waals surface area contributed by atoms with Gasteiger partial charge in [0.25, 0.3) is 5.56 Å². The number of rotatable bonds is 4. The van der Waals surface area contributed by atoms with E-state index in [-0.39, 0.29) is 40.4 Å². The van der Waals surface area contributed by atoms with Gasteiger partial charge >= 0.3 is 17.8 Å². The van der Waals surface area contributed by atoms with Gasteiger partial charge in [-0.1, -0.05) is 6.07 Å². The maximum Gasteiger partial charge on any atom is 0.416 e. The lowest BCUT2D eigenvalue weighted by atomic mass is 10.1. The average Bonchev–Trinajstić information content (AvgIpc) is 3.37. The molecule has 1 aromatic carbocycles. The Labute approximate surface area is 198 Å². The minimum absolute atomic E-state index is 0.00968. The Balaban J connectivity index is 1.50. The van der Waals surface area contributed by atoms with E-state index in [1.165, 1.54) is 40.9 Å². The van der Waals surface area contributed by atoms with Crippen LogP contribution in [0.5, 0.6) is 5.75 Å². The Morgan fingerprint density at radius 1 is 1.19 bits per heavy atom. The molecule has 9 nitrogen and oxygen atoms in total.